The first-order chi connectivity index (χ1) is 6.66. The number of aromatic nitrogens is 4. The van der Waals surface area contributed by atoms with Crippen molar-refractivity contribution in [3.63, 3.8) is 0 Å². The Morgan fingerprint density at radius 2 is 2.21 bits per heavy atom. The van der Waals surface area contributed by atoms with Crippen molar-refractivity contribution in [1.82, 2.24) is 20.0 Å². The van der Waals surface area contributed by atoms with Crippen molar-refractivity contribution < 1.29 is 0 Å². The molecule has 6 heteroatoms. The highest BCUT2D eigenvalue weighted by atomic mass is 35.5. The molecule has 0 aromatic carbocycles. The molecule has 5 nitrogen and oxygen atoms in total. The molecule has 0 amide bonds. The molecule has 2 aromatic heterocycles. The molecule has 2 heterocycles. The van der Waals surface area contributed by atoms with Gasteiger partial charge in [0.25, 0.3) is 0 Å². The van der Waals surface area contributed by atoms with Crippen molar-refractivity contribution in [2.75, 3.05) is 5.73 Å². The Morgan fingerprint density at radius 1 is 1.43 bits per heavy atom. The van der Waals surface area contributed by atoms with Crippen LogP contribution in [0.25, 0.3) is 11.1 Å². The number of hydrogen-bond donors (Lipinski definition) is 1. The smallest absolute Gasteiger partial charge is 0.154 e. The van der Waals surface area contributed by atoms with E-state index in [0.717, 1.165) is 11.1 Å². The second kappa shape index (κ2) is 3.26. The summed E-state index contributed by atoms with van der Waals surface area (Å²) in [6, 6.07) is 1.67. The number of nitrogens with zero attached hydrogens (tertiary/aromatic N) is 4. The third kappa shape index (κ3) is 1.54. The van der Waals surface area contributed by atoms with Gasteiger partial charge in [-0.2, -0.15) is 5.10 Å². The zero-order valence-corrected chi connectivity index (χ0v) is 8.23. The van der Waals surface area contributed by atoms with Crippen molar-refractivity contribution >= 4 is 17.4 Å². The van der Waals surface area contributed by atoms with E-state index in [1.165, 1.54) is 0 Å². The molecule has 0 saturated heterocycles. The van der Waals surface area contributed by atoms with Crippen LogP contribution >= 0.6 is 11.6 Å². The average molecular weight is 210 g/mol. The van der Waals surface area contributed by atoms with Crippen LogP contribution in [0.2, 0.25) is 5.15 Å². The lowest BCUT2D eigenvalue weighted by molar-refractivity contribution is 0.768. The number of anilines is 1. The molecule has 0 aliphatic heterocycles. The van der Waals surface area contributed by atoms with Crippen LogP contribution in [0.4, 0.5) is 5.82 Å². The van der Waals surface area contributed by atoms with Crippen LogP contribution < -0.4 is 5.73 Å². The van der Waals surface area contributed by atoms with E-state index in [1.807, 2.05) is 13.2 Å². The molecular formula is C8H8ClN5. The quantitative estimate of drug-likeness (QED) is 0.764. The van der Waals surface area contributed by atoms with Crippen LogP contribution in [0.5, 0.6) is 0 Å². The van der Waals surface area contributed by atoms with Crippen LogP contribution in [0, 0.1) is 0 Å². The summed E-state index contributed by atoms with van der Waals surface area (Å²) in [7, 11) is 1.83. The fourth-order valence-corrected chi connectivity index (χ4v) is 1.32. The fourth-order valence-electron chi connectivity index (χ4n) is 1.17. The zero-order valence-electron chi connectivity index (χ0n) is 7.48. The van der Waals surface area contributed by atoms with Gasteiger partial charge in [-0.3, -0.25) is 4.68 Å². The SMILES string of the molecule is Cn1cc(-c2cc(Cl)nnc2N)cn1. The molecular weight excluding hydrogens is 202 g/mol. The Labute approximate surface area is 85.5 Å². The Morgan fingerprint density at radius 3 is 2.86 bits per heavy atom. The molecule has 0 saturated carbocycles. The molecule has 0 atom stereocenters. The van der Waals surface area contributed by atoms with Gasteiger partial charge in [-0.1, -0.05) is 11.6 Å². The highest BCUT2D eigenvalue weighted by molar-refractivity contribution is 6.29. The normalized spacial score (nSPS) is 10.4. The van der Waals surface area contributed by atoms with Crippen molar-refractivity contribution in [3.8, 4) is 11.1 Å². The van der Waals surface area contributed by atoms with Crippen molar-refractivity contribution in [2.24, 2.45) is 7.05 Å². The summed E-state index contributed by atoms with van der Waals surface area (Å²) in [6.07, 6.45) is 3.54. The van der Waals surface area contributed by atoms with E-state index < -0.39 is 0 Å². The summed E-state index contributed by atoms with van der Waals surface area (Å²) >= 11 is 5.72. The van der Waals surface area contributed by atoms with Crippen LogP contribution in [-0.4, -0.2) is 20.0 Å². The van der Waals surface area contributed by atoms with Crippen molar-refractivity contribution in [2.45, 2.75) is 0 Å². The molecule has 0 aliphatic rings. The Balaban J connectivity index is 2.55. The number of rotatable bonds is 1. The average Bonchev–Trinajstić information content (AvgIpc) is 2.56. The third-order valence-corrected chi connectivity index (χ3v) is 1.99. The van der Waals surface area contributed by atoms with Crippen LogP contribution in [0.1, 0.15) is 0 Å². The van der Waals surface area contributed by atoms with Gasteiger partial charge < -0.3 is 5.73 Å². The standard InChI is InChI=1S/C8H8ClN5/c1-14-4-5(3-11-14)6-2-7(9)12-13-8(6)10/h2-4H,1H3,(H2,10,13). The number of nitrogens with two attached hydrogens (primary N) is 1. The Bertz CT molecular complexity index is 465. The molecule has 0 spiro atoms. The topological polar surface area (TPSA) is 69.6 Å². The van der Waals surface area contributed by atoms with E-state index in [2.05, 4.69) is 15.3 Å². The molecule has 0 unspecified atom stereocenters. The van der Waals surface area contributed by atoms with E-state index in [-0.39, 0.29) is 0 Å². The van der Waals surface area contributed by atoms with Gasteiger partial charge in [0.1, 0.15) is 0 Å². The van der Waals surface area contributed by atoms with Crippen molar-refractivity contribution in [3.05, 3.63) is 23.6 Å². The lowest BCUT2D eigenvalue weighted by atomic mass is 10.1. The summed E-state index contributed by atoms with van der Waals surface area (Å²) in [5.74, 6) is 0.349. The van der Waals surface area contributed by atoms with E-state index in [1.54, 1.807) is 16.9 Å². The highest BCUT2D eigenvalue weighted by Gasteiger charge is 2.07. The predicted octanol–water partition coefficient (Wildman–Crippen LogP) is 1.11. The monoisotopic (exact) mass is 209 g/mol. The van der Waals surface area contributed by atoms with E-state index in [4.69, 9.17) is 17.3 Å². The predicted molar refractivity (Wildman–Crippen MR) is 53.7 cm³/mol. The van der Waals surface area contributed by atoms with E-state index >= 15 is 0 Å². The van der Waals surface area contributed by atoms with Gasteiger partial charge in [0, 0.05) is 24.4 Å². The fraction of sp³-hybridized carbons (Fsp3) is 0.125. The highest BCUT2D eigenvalue weighted by Crippen LogP contribution is 2.24. The molecule has 0 aliphatic carbocycles. The molecule has 2 aromatic rings. The summed E-state index contributed by atoms with van der Waals surface area (Å²) in [5, 5.41) is 11.7. The molecule has 72 valence electrons. The third-order valence-electron chi connectivity index (χ3n) is 1.81. The van der Waals surface area contributed by atoms with Gasteiger partial charge in [0.05, 0.1) is 6.20 Å². The van der Waals surface area contributed by atoms with Gasteiger partial charge in [0.15, 0.2) is 11.0 Å². The minimum Gasteiger partial charge on any atom is -0.382 e. The van der Waals surface area contributed by atoms with Crippen LogP contribution in [-0.2, 0) is 7.05 Å². The molecule has 14 heavy (non-hydrogen) atoms. The van der Waals surface area contributed by atoms with Gasteiger partial charge >= 0.3 is 0 Å². The number of aryl methyl sites for hydroxylation is 1. The minimum absolute atomic E-state index is 0.318. The van der Waals surface area contributed by atoms with E-state index in [0.29, 0.717) is 11.0 Å². The van der Waals surface area contributed by atoms with Gasteiger partial charge in [-0.15, -0.1) is 10.2 Å². The summed E-state index contributed by atoms with van der Waals surface area (Å²) < 4.78 is 1.68. The lowest BCUT2D eigenvalue weighted by Gasteiger charge is -2.00. The lowest BCUT2D eigenvalue weighted by Crippen LogP contribution is -1.96. The summed E-state index contributed by atoms with van der Waals surface area (Å²) in [6.45, 7) is 0. The second-order valence-electron chi connectivity index (χ2n) is 2.87. The van der Waals surface area contributed by atoms with Gasteiger partial charge in [-0.05, 0) is 6.07 Å². The molecule has 2 rings (SSSR count). The Hall–Kier alpha value is -1.62. The van der Waals surface area contributed by atoms with Crippen LogP contribution in [0.3, 0.4) is 0 Å². The first-order valence-corrected chi connectivity index (χ1v) is 4.32. The van der Waals surface area contributed by atoms with Crippen LogP contribution in [0.15, 0.2) is 18.5 Å². The first-order valence-electron chi connectivity index (χ1n) is 3.94. The molecule has 0 fully saturated rings. The largest absolute Gasteiger partial charge is 0.382 e. The maximum atomic E-state index is 5.72. The second-order valence-corrected chi connectivity index (χ2v) is 3.26. The maximum Gasteiger partial charge on any atom is 0.154 e. The number of nitrogen functional groups attached to an aromatic ring is 1. The summed E-state index contributed by atoms with van der Waals surface area (Å²) in [5.41, 5.74) is 7.29. The van der Waals surface area contributed by atoms with Gasteiger partial charge in [-0.25, -0.2) is 0 Å². The maximum absolute atomic E-state index is 5.72. The zero-order chi connectivity index (χ0) is 10.1. The first kappa shape index (κ1) is 8.96. The van der Waals surface area contributed by atoms with Gasteiger partial charge in [0.2, 0.25) is 0 Å². The Kier molecular flexibility index (Phi) is 2.09. The summed E-state index contributed by atoms with van der Waals surface area (Å²) in [4.78, 5) is 0. The molecule has 2 N–H and O–H groups in total. The number of halogens is 1. The van der Waals surface area contributed by atoms with Crippen molar-refractivity contribution in [1.29, 1.82) is 0 Å². The molecule has 0 bridgehead atoms. The minimum atomic E-state index is 0.318. The molecule has 0 radical (unpaired) electrons. The van der Waals surface area contributed by atoms with E-state index in [9.17, 15) is 0 Å². The number of hydrogen-bond acceptors (Lipinski definition) is 4.